The molecule has 1 fully saturated rings. The van der Waals surface area contributed by atoms with E-state index in [9.17, 15) is 4.39 Å². The summed E-state index contributed by atoms with van der Waals surface area (Å²) < 4.78 is 24.5. The summed E-state index contributed by atoms with van der Waals surface area (Å²) in [6.45, 7) is 4.41. The van der Waals surface area contributed by atoms with Gasteiger partial charge in [-0.05, 0) is 62.2 Å². The maximum absolute atomic E-state index is 13.4. The number of hydrogen-bond acceptors (Lipinski definition) is 4. The van der Waals surface area contributed by atoms with Crippen LogP contribution in [0.25, 0.3) is 11.5 Å². The van der Waals surface area contributed by atoms with E-state index in [0.29, 0.717) is 24.1 Å². The predicted octanol–water partition coefficient (Wildman–Crippen LogP) is 5.22. The van der Waals surface area contributed by atoms with Crippen LogP contribution in [-0.4, -0.2) is 23.0 Å². The molecule has 0 spiro atoms. The van der Waals surface area contributed by atoms with Crippen LogP contribution >= 0.6 is 0 Å². The lowest BCUT2D eigenvalue weighted by atomic mass is 10.0. The maximum atomic E-state index is 13.4. The summed E-state index contributed by atoms with van der Waals surface area (Å²) >= 11 is 0. The number of likely N-dealkylation sites (tertiary alicyclic amines) is 1. The van der Waals surface area contributed by atoms with Crippen molar-refractivity contribution >= 4 is 0 Å². The molecule has 27 heavy (non-hydrogen) atoms. The predicted molar refractivity (Wildman–Crippen MR) is 102 cm³/mol. The van der Waals surface area contributed by atoms with Crippen LogP contribution in [0.4, 0.5) is 4.39 Å². The molecule has 5 heteroatoms. The second-order valence-corrected chi connectivity index (χ2v) is 6.78. The molecule has 0 amide bonds. The van der Waals surface area contributed by atoms with Gasteiger partial charge in [0.2, 0.25) is 5.89 Å². The Kier molecular flexibility index (Phi) is 5.21. The van der Waals surface area contributed by atoms with Crippen LogP contribution < -0.4 is 4.74 Å². The first-order valence-electron chi connectivity index (χ1n) is 9.40. The smallest absolute Gasteiger partial charge is 0.226 e. The van der Waals surface area contributed by atoms with Gasteiger partial charge in [-0.25, -0.2) is 9.37 Å². The average molecular weight is 366 g/mol. The lowest BCUT2D eigenvalue weighted by Crippen LogP contribution is -2.22. The van der Waals surface area contributed by atoms with Gasteiger partial charge in [0.15, 0.2) is 0 Å². The van der Waals surface area contributed by atoms with E-state index < -0.39 is 0 Å². The van der Waals surface area contributed by atoms with E-state index in [1.165, 1.54) is 17.7 Å². The molecule has 1 atom stereocenters. The van der Waals surface area contributed by atoms with Crippen LogP contribution in [0.5, 0.6) is 5.75 Å². The normalized spacial score (nSPS) is 17.3. The molecule has 0 saturated carbocycles. The largest absolute Gasteiger partial charge is 0.494 e. The van der Waals surface area contributed by atoms with E-state index in [1.54, 1.807) is 18.4 Å². The zero-order valence-electron chi connectivity index (χ0n) is 15.4. The van der Waals surface area contributed by atoms with Crippen molar-refractivity contribution < 1.29 is 13.5 Å². The van der Waals surface area contributed by atoms with E-state index in [-0.39, 0.29) is 5.82 Å². The highest BCUT2D eigenvalue weighted by Crippen LogP contribution is 2.34. The molecular weight excluding hydrogens is 343 g/mol. The summed E-state index contributed by atoms with van der Waals surface area (Å²) in [7, 11) is 0. The Bertz CT molecular complexity index is 891. The zero-order chi connectivity index (χ0) is 18.6. The van der Waals surface area contributed by atoms with Gasteiger partial charge in [0.1, 0.15) is 17.8 Å². The van der Waals surface area contributed by atoms with Gasteiger partial charge in [-0.1, -0.05) is 18.2 Å². The Morgan fingerprint density at radius 1 is 1.22 bits per heavy atom. The zero-order valence-corrected chi connectivity index (χ0v) is 15.4. The van der Waals surface area contributed by atoms with Crippen LogP contribution in [0.2, 0.25) is 0 Å². The molecule has 3 aromatic rings. The van der Waals surface area contributed by atoms with Crippen LogP contribution in [0.3, 0.4) is 0 Å². The minimum Gasteiger partial charge on any atom is -0.494 e. The Morgan fingerprint density at radius 3 is 2.85 bits per heavy atom. The monoisotopic (exact) mass is 366 g/mol. The highest BCUT2D eigenvalue weighted by Gasteiger charge is 2.27. The molecule has 2 aromatic carbocycles. The van der Waals surface area contributed by atoms with Gasteiger partial charge >= 0.3 is 0 Å². The Hall–Kier alpha value is -2.66. The van der Waals surface area contributed by atoms with Crippen LogP contribution in [0.1, 0.15) is 37.1 Å². The molecule has 0 aliphatic carbocycles. The van der Waals surface area contributed by atoms with Crippen molar-refractivity contribution in [2.45, 2.75) is 32.4 Å². The van der Waals surface area contributed by atoms with Crippen molar-refractivity contribution in [3.8, 4) is 17.2 Å². The Balaban J connectivity index is 1.47. The van der Waals surface area contributed by atoms with Crippen molar-refractivity contribution in [3.63, 3.8) is 0 Å². The summed E-state index contributed by atoms with van der Waals surface area (Å²) in [5.74, 6) is 1.07. The van der Waals surface area contributed by atoms with Crippen LogP contribution in [-0.2, 0) is 6.54 Å². The van der Waals surface area contributed by atoms with Crippen molar-refractivity contribution in [1.82, 2.24) is 9.88 Å². The van der Waals surface area contributed by atoms with Crippen LogP contribution in [0.15, 0.2) is 59.2 Å². The molecule has 0 bridgehead atoms. The quantitative estimate of drug-likeness (QED) is 0.600. The average Bonchev–Trinajstić information content (AvgIpc) is 3.33. The number of oxazole rings is 1. The van der Waals surface area contributed by atoms with E-state index in [0.717, 1.165) is 37.4 Å². The Labute approximate surface area is 158 Å². The molecule has 1 aromatic heterocycles. The summed E-state index contributed by atoms with van der Waals surface area (Å²) in [6.07, 6.45) is 3.96. The highest BCUT2D eigenvalue weighted by atomic mass is 19.1. The summed E-state index contributed by atoms with van der Waals surface area (Å²) in [5, 5.41) is 0. The second kappa shape index (κ2) is 7.92. The SMILES string of the molecule is CCOc1ccc(C2CCCN2Cc2coc(-c3cccc(F)c3)n2)cc1. The van der Waals surface area contributed by atoms with Crippen molar-refractivity contribution in [3.05, 3.63) is 71.9 Å². The minimum atomic E-state index is -0.289. The molecule has 4 rings (SSSR count). The number of rotatable bonds is 6. The molecule has 1 aliphatic rings. The second-order valence-electron chi connectivity index (χ2n) is 6.78. The molecule has 0 radical (unpaired) electrons. The van der Waals surface area contributed by atoms with Crippen molar-refractivity contribution in [2.75, 3.05) is 13.2 Å². The molecule has 1 unspecified atom stereocenters. The fraction of sp³-hybridized carbons (Fsp3) is 0.318. The molecule has 2 heterocycles. The van der Waals surface area contributed by atoms with Gasteiger partial charge in [0.25, 0.3) is 0 Å². The fourth-order valence-corrected chi connectivity index (χ4v) is 3.69. The summed E-state index contributed by atoms with van der Waals surface area (Å²) in [5.41, 5.74) is 2.82. The summed E-state index contributed by atoms with van der Waals surface area (Å²) in [4.78, 5) is 6.98. The summed E-state index contributed by atoms with van der Waals surface area (Å²) in [6, 6.07) is 15.1. The first-order chi connectivity index (χ1) is 13.2. The van der Waals surface area contributed by atoms with E-state index >= 15 is 0 Å². The van der Waals surface area contributed by atoms with Gasteiger partial charge < -0.3 is 9.15 Å². The first kappa shape index (κ1) is 17.7. The molecule has 4 nitrogen and oxygen atoms in total. The van der Waals surface area contributed by atoms with E-state index in [1.807, 2.05) is 19.1 Å². The minimum absolute atomic E-state index is 0.289. The number of aromatic nitrogens is 1. The number of halogens is 1. The number of ether oxygens (including phenoxy) is 1. The molecular formula is C22H23FN2O2. The van der Waals surface area contributed by atoms with Gasteiger partial charge in [-0.2, -0.15) is 0 Å². The topological polar surface area (TPSA) is 38.5 Å². The number of benzene rings is 2. The molecule has 0 N–H and O–H groups in total. The Morgan fingerprint density at radius 2 is 2.07 bits per heavy atom. The molecule has 1 saturated heterocycles. The fourth-order valence-electron chi connectivity index (χ4n) is 3.69. The van der Waals surface area contributed by atoms with E-state index in [4.69, 9.17) is 9.15 Å². The molecule has 140 valence electrons. The standard InChI is InChI=1S/C22H23FN2O2/c1-2-26-20-10-8-16(9-11-20)21-7-4-12-25(21)14-19-15-27-22(24-19)17-5-3-6-18(23)13-17/h3,5-6,8-11,13,15,21H,2,4,7,12,14H2,1H3. The van der Waals surface area contributed by atoms with Crippen LogP contribution in [0, 0.1) is 5.82 Å². The van der Waals surface area contributed by atoms with Gasteiger partial charge in [-0.15, -0.1) is 0 Å². The van der Waals surface area contributed by atoms with Gasteiger partial charge in [0, 0.05) is 18.2 Å². The highest BCUT2D eigenvalue weighted by molar-refractivity contribution is 5.52. The van der Waals surface area contributed by atoms with Gasteiger partial charge in [-0.3, -0.25) is 4.90 Å². The first-order valence-corrected chi connectivity index (χ1v) is 9.40. The maximum Gasteiger partial charge on any atom is 0.226 e. The third-order valence-electron chi connectivity index (χ3n) is 4.93. The number of nitrogens with zero attached hydrogens (tertiary/aromatic N) is 2. The third kappa shape index (κ3) is 4.03. The lowest BCUT2D eigenvalue weighted by Gasteiger charge is -2.24. The van der Waals surface area contributed by atoms with Crippen molar-refractivity contribution in [1.29, 1.82) is 0 Å². The molecule has 1 aliphatic heterocycles. The number of hydrogen-bond donors (Lipinski definition) is 0. The van der Waals surface area contributed by atoms with Gasteiger partial charge in [0.05, 0.1) is 12.3 Å². The van der Waals surface area contributed by atoms with E-state index in [2.05, 4.69) is 22.0 Å². The lowest BCUT2D eigenvalue weighted by molar-refractivity contribution is 0.245. The van der Waals surface area contributed by atoms with Crippen molar-refractivity contribution in [2.24, 2.45) is 0 Å². The third-order valence-corrected chi connectivity index (χ3v) is 4.93.